The Morgan fingerprint density at radius 1 is 1.08 bits per heavy atom. The summed E-state index contributed by atoms with van der Waals surface area (Å²) in [6.45, 7) is 0.820. The first-order chi connectivity index (χ1) is 17.6. The lowest BCUT2D eigenvalue weighted by Gasteiger charge is -2.33. The molecule has 9 nitrogen and oxygen atoms in total. The number of halogens is 1. The Morgan fingerprint density at radius 2 is 1.78 bits per heavy atom. The molecule has 4 rings (SSSR count). The molecular formula is C26H32FN3O6S. The summed E-state index contributed by atoms with van der Waals surface area (Å²) >= 11 is 0. The maximum Gasteiger partial charge on any atom is 0.244 e. The molecule has 0 radical (unpaired) electrons. The zero-order valence-electron chi connectivity index (χ0n) is 21.0. The van der Waals surface area contributed by atoms with E-state index in [1.54, 1.807) is 19.1 Å². The lowest BCUT2D eigenvalue weighted by Crippen LogP contribution is -2.53. The van der Waals surface area contributed by atoms with Crippen molar-refractivity contribution in [2.24, 2.45) is 0 Å². The molecule has 1 N–H and O–H groups in total. The number of ether oxygens (including phenoxy) is 2. The summed E-state index contributed by atoms with van der Waals surface area (Å²) in [6.07, 6.45) is 5.90. The fourth-order valence-corrected chi connectivity index (χ4v) is 5.46. The van der Waals surface area contributed by atoms with Crippen LogP contribution in [-0.2, 0) is 26.2 Å². The molecular weight excluding hydrogens is 501 g/mol. The number of hydrogen-bond acceptors (Lipinski definition) is 6. The number of amides is 2. The molecule has 2 amide bonds. The SMILES string of the molecule is CC(C(=O)NC1CCCCC1)N(Cc1ccccc1F)C(=O)CN(c1ccc2c(c1)OCO2)S(C)(=O)=O. The van der Waals surface area contributed by atoms with Gasteiger partial charge in [0.05, 0.1) is 11.9 Å². The van der Waals surface area contributed by atoms with Gasteiger partial charge in [0, 0.05) is 24.2 Å². The fourth-order valence-electron chi connectivity index (χ4n) is 4.62. The molecule has 1 aliphatic heterocycles. The minimum absolute atomic E-state index is 0.0145. The van der Waals surface area contributed by atoms with Gasteiger partial charge in [0.25, 0.3) is 0 Å². The Morgan fingerprint density at radius 3 is 2.49 bits per heavy atom. The van der Waals surface area contributed by atoms with Crippen LogP contribution in [0.3, 0.4) is 0 Å². The fraction of sp³-hybridized carbons (Fsp3) is 0.462. The maximum absolute atomic E-state index is 14.5. The third-order valence-electron chi connectivity index (χ3n) is 6.74. The number of carbonyl (C=O) groups excluding carboxylic acids is 2. The van der Waals surface area contributed by atoms with Gasteiger partial charge < -0.3 is 19.7 Å². The van der Waals surface area contributed by atoms with Gasteiger partial charge >= 0.3 is 0 Å². The van der Waals surface area contributed by atoms with Crippen molar-refractivity contribution in [2.75, 3.05) is 23.9 Å². The molecule has 2 aromatic rings. The summed E-state index contributed by atoms with van der Waals surface area (Å²) in [7, 11) is -3.90. The van der Waals surface area contributed by atoms with Crippen LogP contribution >= 0.6 is 0 Å². The highest BCUT2D eigenvalue weighted by Gasteiger charge is 2.32. The van der Waals surface area contributed by atoms with Crippen LogP contribution in [0.25, 0.3) is 0 Å². The summed E-state index contributed by atoms with van der Waals surface area (Å²) in [5.41, 5.74) is 0.437. The van der Waals surface area contributed by atoms with E-state index in [-0.39, 0.29) is 36.5 Å². The third-order valence-corrected chi connectivity index (χ3v) is 7.88. The highest BCUT2D eigenvalue weighted by atomic mass is 32.2. The molecule has 1 heterocycles. The van der Waals surface area contributed by atoms with Crippen molar-refractivity contribution in [1.82, 2.24) is 10.2 Å². The quantitative estimate of drug-likeness (QED) is 0.531. The Hall–Kier alpha value is -3.34. The van der Waals surface area contributed by atoms with E-state index in [1.807, 2.05) is 0 Å². The Kier molecular flexibility index (Phi) is 8.21. The van der Waals surface area contributed by atoms with Gasteiger partial charge in [0.2, 0.25) is 28.6 Å². The predicted octanol–water partition coefficient (Wildman–Crippen LogP) is 3.19. The Labute approximate surface area is 216 Å². The van der Waals surface area contributed by atoms with Crippen molar-refractivity contribution in [2.45, 2.75) is 57.7 Å². The Bertz CT molecular complexity index is 1250. The molecule has 1 fully saturated rings. The largest absolute Gasteiger partial charge is 0.454 e. The Balaban J connectivity index is 1.59. The van der Waals surface area contributed by atoms with Crippen molar-refractivity contribution < 1.29 is 31.9 Å². The van der Waals surface area contributed by atoms with Crippen LogP contribution in [0.1, 0.15) is 44.6 Å². The van der Waals surface area contributed by atoms with Gasteiger partial charge in [-0.3, -0.25) is 13.9 Å². The van der Waals surface area contributed by atoms with E-state index < -0.39 is 34.3 Å². The molecule has 200 valence electrons. The summed E-state index contributed by atoms with van der Waals surface area (Å²) < 4.78 is 51.5. The smallest absolute Gasteiger partial charge is 0.244 e. The number of nitrogens with zero attached hydrogens (tertiary/aromatic N) is 2. The van der Waals surface area contributed by atoms with Gasteiger partial charge in [0.1, 0.15) is 18.4 Å². The van der Waals surface area contributed by atoms with Crippen LogP contribution in [-0.4, -0.2) is 56.8 Å². The second-order valence-electron chi connectivity index (χ2n) is 9.44. The molecule has 0 aromatic heterocycles. The maximum atomic E-state index is 14.5. The average molecular weight is 534 g/mol. The second-order valence-corrected chi connectivity index (χ2v) is 11.3. The minimum atomic E-state index is -3.90. The van der Waals surface area contributed by atoms with Crippen LogP contribution < -0.4 is 19.1 Å². The number of nitrogens with one attached hydrogen (secondary N) is 1. The second kappa shape index (κ2) is 11.4. The lowest BCUT2D eigenvalue weighted by atomic mass is 9.95. The van der Waals surface area contributed by atoms with E-state index in [0.717, 1.165) is 42.7 Å². The topological polar surface area (TPSA) is 105 Å². The van der Waals surface area contributed by atoms with E-state index in [0.29, 0.717) is 11.5 Å². The number of anilines is 1. The van der Waals surface area contributed by atoms with Gasteiger partial charge in [0.15, 0.2) is 11.5 Å². The minimum Gasteiger partial charge on any atom is -0.454 e. The molecule has 1 atom stereocenters. The van der Waals surface area contributed by atoms with Crippen LogP contribution in [0, 0.1) is 5.82 Å². The molecule has 0 saturated heterocycles. The first-order valence-electron chi connectivity index (χ1n) is 12.3. The zero-order valence-corrected chi connectivity index (χ0v) is 21.8. The highest BCUT2D eigenvalue weighted by Crippen LogP contribution is 2.36. The van der Waals surface area contributed by atoms with E-state index in [9.17, 15) is 22.4 Å². The first kappa shape index (κ1) is 26.7. The number of fused-ring (bicyclic) bond motifs is 1. The van der Waals surface area contributed by atoms with Gasteiger partial charge in [-0.05, 0) is 38.0 Å². The van der Waals surface area contributed by atoms with Gasteiger partial charge in [-0.2, -0.15) is 0 Å². The summed E-state index contributed by atoms with van der Waals surface area (Å²) in [5.74, 6) is -0.682. The lowest BCUT2D eigenvalue weighted by molar-refractivity contribution is -0.139. The van der Waals surface area contributed by atoms with Crippen molar-refractivity contribution in [1.29, 1.82) is 0 Å². The van der Waals surface area contributed by atoms with Crippen LogP contribution in [0.2, 0.25) is 0 Å². The van der Waals surface area contributed by atoms with Gasteiger partial charge in [-0.15, -0.1) is 0 Å². The molecule has 0 bridgehead atoms. The molecule has 0 spiro atoms. The summed E-state index contributed by atoms with van der Waals surface area (Å²) in [6, 6.07) is 9.63. The van der Waals surface area contributed by atoms with Crippen molar-refractivity contribution >= 4 is 27.5 Å². The van der Waals surface area contributed by atoms with Crippen molar-refractivity contribution in [3.8, 4) is 11.5 Å². The molecule has 37 heavy (non-hydrogen) atoms. The number of benzene rings is 2. The number of carbonyl (C=O) groups is 2. The van der Waals surface area contributed by atoms with Crippen LogP contribution in [0.4, 0.5) is 10.1 Å². The number of sulfonamides is 1. The molecule has 2 aromatic carbocycles. The predicted molar refractivity (Wildman–Crippen MR) is 136 cm³/mol. The van der Waals surface area contributed by atoms with Crippen molar-refractivity contribution in [3.63, 3.8) is 0 Å². The molecule has 1 aliphatic carbocycles. The van der Waals surface area contributed by atoms with E-state index in [4.69, 9.17) is 9.47 Å². The van der Waals surface area contributed by atoms with E-state index in [2.05, 4.69) is 5.32 Å². The van der Waals surface area contributed by atoms with E-state index in [1.165, 1.54) is 35.2 Å². The van der Waals surface area contributed by atoms with Crippen LogP contribution in [0.15, 0.2) is 42.5 Å². The molecule has 1 saturated carbocycles. The van der Waals surface area contributed by atoms with Crippen molar-refractivity contribution in [3.05, 3.63) is 53.8 Å². The normalized spacial score (nSPS) is 16.2. The number of rotatable bonds is 9. The molecule has 11 heteroatoms. The van der Waals surface area contributed by atoms with E-state index >= 15 is 0 Å². The highest BCUT2D eigenvalue weighted by molar-refractivity contribution is 7.92. The third kappa shape index (κ3) is 6.51. The summed E-state index contributed by atoms with van der Waals surface area (Å²) in [5, 5.41) is 3.01. The van der Waals surface area contributed by atoms with Crippen LogP contribution in [0.5, 0.6) is 11.5 Å². The molecule has 2 aliphatic rings. The first-order valence-corrected chi connectivity index (χ1v) is 14.2. The van der Waals surface area contributed by atoms with Gasteiger partial charge in [-0.25, -0.2) is 12.8 Å². The number of hydrogen-bond donors (Lipinski definition) is 1. The summed E-state index contributed by atoms with van der Waals surface area (Å²) in [4.78, 5) is 28.0. The standard InChI is InChI=1S/C26H32FN3O6S/c1-18(26(32)28-20-9-4-3-5-10-20)29(15-19-8-6-7-11-22(19)27)25(31)16-30(37(2,33)34)21-12-13-23-24(14-21)36-17-35-23/h6-8,11-14,18,20H,3-5,9-10,15-17H2,1-2H3,(H,28,32). The monoisotopic (exact) mass is 533 g/mol. The average Bonchev–Trinajstić information content (AvgIpc) is 3.34. The molecule has 1 unspecified atom stereocenters. The van der Waals surface area contributed by atoms with Gasteiger partial charge in [-0.1, -0.05) is 37.5 Å². The zero-order chi connectivity index (χ0) is 26.6.